The molecule has 1 atom stereocenters. The second-order valence-corrected chi connectivity index (χ2v) is 5.51. The average molecular weight is 262 g/mol. The molecular formula is C15H26N4. The first-order valence-electron chi connectivity index (χ1n) is 7.56. The molecule has 0 radical (unpaired) electrons. The molecule has 4 heteroatoms. The summed E-state index contributed by atoms with van der Waals surface area (Å²) in [5, 5.41) is 3.45. The third kappa shape index (κ3) is 4.08. The van der Waals surface area contributed by atoms with Gasteiger partial charge in [-0.05, 0) is 33.1 Å². The molecule has 1 saturated heterocycles. The molecule has 2 rings (SSSR count). The maximum atomic E-state index is 4.61. The molecule has 0 aliphatic carbocycles. The van der Waals surface area contributed by atoms with Crippen LogP contribution in [0.25, 0.3) is 0 Å². The van der Waals surface area contributed by atoms with Crippen LogP contribution in [-0.2, 0) is 0 Å². The lowest BCUT2D eigenvalue weighted by atomic mass is 10.2. The molecule has 1 aromatic rings. The Bertz CT molecular complexity index is 397. The predicted octanol–water partition coefficient (Wildman–Crippen LogP) is 3.38. The number of nitrogens with zero attached hydrogens (tertiary/aromatic N) is 3. The lowest BCUT2D eigenvalue weighted by Gasteiger charge is -2.23. The van der Waals surface area contributed by atoms with Gasteiger partial charge in [0.25, 0.3) is 0 Å². The van der Waals surface area contributed by atoms with Gasteiger partial charge >= 0.3 is 0 Å². The van der Waals surface area contributed by atoms with Crippen LogP contribution in [0.4, 0.5) is 11.6 Å². The van der Waals surface area contributed by atoms with E-state index in [2.05, 4.69) is 40.1 Å². The molecular weight excluding hydrogens is 236 g/mol. The van der Waals surface area contributed by atoms with Gasteiger partial charge in [0.15, 0.2) is 0 Å². The van der Waals surface area contributed by atoms with Crippen molar-refractivity contribution in [1.82, 2.24) is 9.97 Å². The summed E-state index contributed by atoms with van der Waals surface area (Å²) in [6, 6.07) is 2.55. The number of hydrogen-bond acceptors (Lipinski definition) is 4. The van der Waals surface area contributed by atoms with Gasteiger partial charge < -0.3 is 10.2 Å². The number of aryl methyl sites for hydroxylation is 1. The summed E-state index contributed by atoms with van der Waals surface area (Å²) in [4.78, 5) is 11.5. The molecule has 1 N–H and O–H groups in total. The van der Waals surface area contributed by atoms with Crippen LogP contribution in [-0.4, -0.2) is 29.1 Å². The largest absolute Gasteiger partial charge is 0.367 e. The van der Waals surface area contributed by atoms with Crippen LogP contribution in [0.3, 0.4) is 0 Å². The molecule has 0 spiro atoms. The minimum absolute atomic E-state index is 0.450. The topological polar surface area (TPSA) is 41.0 Å². The van der Waals surface area contributed by atoms with Crippen molar-refractivity contribution in [2.75, 3.05) is 23.3 Å². The molecule has 1 aliphatic rings. The number of aromatic nitrogens is 2. The third-order valence-electron chi connectivity index (χ3n) is 3.76. The predicted molar refractivity (Wildman–Crippen MR) is 80.8 cm³/mol. The lowest BCUT2D eigenvalue weighted by molar-refractivity contribution is 0.726. The van der Waals surface area contributed by atoms with Crippen molar-refractivity contribution in [3.8, 4) is 0 Å². The van der Waals surface area contributed by atoms with Gasteiger partial charge in [0, 0.05) is 25.2 Å². The minimum atomic E-state index is 0.450. The summed E-state index contributed by atoms with van der Waals surface area (Å²) in [5.41, 5.74) is 0. The highest BCUT2D eigenvalue weighted by molar-refractivity contribution is 5.49. The van der Waals surface area contributed by atoms with Crippen molar-refractivity contribution >= 4 is 11.6 Å². The highest BCUT2D eigenvalue weighted by Gasteiger charge is 2.13. The standard InChI is InChI=1S/C15H26N4/c1-4-12(2)16-14-11-15(18-13(3)17-14)19-9-7-5-6-8-10-19/h11-12H,4-10H2,1-3H3,(H,16,17,18). The fourth-order valence-electron chi connectivity index (χ4n) is 2.44. The quantitative estimate of drug-likeness (QED) is 0.903. The van der Waals surface area contributed by atoms with Crippen LogP contribution in [0.5, 0.6) is 0 Å². The van der Waals surface area contributed by atoms with Crippen molar-refractivity contribution in [3.05, 3.63) is 11.9 Å². The number of rotatable bonds is 4. The zero-order chi connectivity index (χ0) is 13.7. The molecule has 19 heavy (non-hydrogen) atoms. The highest BCUT2D eigenvalue weighted by Crippen LogP contribution is 2.20. The van der Waals surface area contributed by atoms with Gasteiger partial charge in [0.05, 0.1) is 0 Å². The summed E-state index contributed by atoms with van der Waals surface area (Å²) in [6.07, 6.45) is 6.34. The average Bonchev–Trinajstić information content (AvgIpc) is 2.66. The van der Waals surface area contributed by atoms with Crippen molar-refractivity contribution in [2.45, 2.75) is 58.9 Å². The number of nitrogens with one attached hydrogen (secondary N) is 1. The molecule has 106 valence electrons. The Hall–Kier alpha value is -1.32. The van der Waals surface area contributed by atoms with E-state index >= 15 is 0 Å². The van der Waals surface area contributed by atoms with Gasteiger partial charge in [-0.15, -0.1) is 0 Å². The first-order chi connectivity index (χ1) is 9.19. The first-order valence-corrected chi connectivity index (χ1v) is 7.56. The van der Waals surface area contributed by atoms with Crippen molar-refractivity contribution < 1.29 is 0 Å². The van der Waals surface area contributed by atoms with Crippen LogP contribution in [0.1, 0.15) is 51.8 Å². The minimum Gasteiger partial charge on any atom is -0.367 e. The Balaban J connectivity index is 2.15. The van der Waals surface area contributed by atoms with Crippen LogP contribution in [0, 0.1) is 6.92 Å². The van der Waals surface area contributed by atoms with Gasteiger partial charge in [-0.25, -0.2) is 9.97 Å². The second-order valence-electron chi connectivity index (χ2n) is 5.51. The zero-order valence-corrected chi connectivity index (χ0v) is 12.4. The molecule has 1 fully saturated rings. The Morgan fingerprint density at radius 2 is 1.89 bits per heavy atom. The summed E-state index contributed by atoms with van der Waals surface area (Å²) in [7, 11) is 0. The van der Waals surface area contributed by atoms with Gasteiger partial charge in [-0.2, -0.15) is 0 Å². The van der Waals surface area contributed by atoms with Crippen molar-refractivity contribution in [1.29, 1.82) is 0 Å². The molecule has 0 amide bonds. The number of hydrogen-bond donors (Lipinski definition) is 1. The molecule has 4 nitrogen and oxygen atoms in total. The van der Waals surface area contributed by atoms with Gasteiger partial charge in [-0.1, -0.05) is 19.8 Å². The van der Waals surface area contributed by atoms with Crippen LogP contribution in [0.2, 0.25) is 0 Å². The first kappa shape index (κ1) is 14.1. The van der Waals surface area contributed by atoms with Gasteiger partial charge in [0.2, 0.25) is 0 Å². The van der Waals surface area contributed by atoms with E-state index in [1.165, 1.54) is 25.7 Å². The Morgan fingerprint density at radius 3 is 2.53 bits per heavy atom. The van der Waals surface area contributed by atoms with E-state index in [0.717, 1.165) is 37.0 Å². The van der Waals surface area contributed by atoms with E-state index in [1.807, 2.05) is 6.92 Å². The Kier molecular flexibility index (Phi) is 5.00. The Morgan fingerprint density at radius 1 is 1.21 bits per heavy atom. The summed E-state index contributed by atoms with van der Waals surface area (Å²) in [5.74, 6) is 2.90. The third-order valence-corrected chi connectivity index (χ3v) is 3.76. The smallest absolute Gasteiger partial charge is 0.134 e. The molecule has 0 saturated carbocycles. The molecule has 1 aromatic heterocycles. The van der Waals surface area contributed by atoms with E-state index in [-0.39, 0.29) is 0 Å². The van der Waals surface area contributed by atoms with E-state index < -0.39 is 0 Å². The number of anilines is 2. The van der Waals surface area contributed by atoms with Crippen LogP contribution >= 0.6 is 0 Å². The van der Waals surface area contributed by atoms with E-state index in [4.69, 9.17) is 0 Å². The van der Waals surface area contributed by atoms with E-state index in [9.17, 15) is 0 Å². The summed E-state index contributed by atoms with van der Waals surface area (Å²) >= 11 is 0. The zero-order valence-electron chi connectivity index (χ0n) is 12.4. The van der Waals surface area contributed by atoms with E-state index in [0.29, 0.717) is 6.04 Å². The molecule has 1 aliphatic heterocycles. The van der Waals surface area contributed by atoms with Gasteiger partial charge in [0.1, 0.15) is 17.5 Å². The maximum absolute atomic E-state index is 4.61. The molecule has 0 aromatic carbocycles. The normalized spacial score (nSPS) is 17.9. The summed E-state index contributed by atoms with van der Waals surface area (Å²) in [6.45, 7) is 8.59. The molecule has 0 bridgehead atoms. The molecule has 2 heterocycles. The fourth-order valence-corrected chi connectivity index (χ4v) is 2.44. The highest BCUT2D eigenvalue weighted by atomic mass is 15.2. The second kappa shape index (κ2) is 6.73. The van der Waals surface area contributed by atoms with Crippen molar-refractivity contribution in [2.24, 2.45) is 0 Å². The Labute approximate surface area is 116 Å². The SMILES string of the molecule is CCC(C)Nc1cc(N2CCCCCC2)nc(C)n1. The monoisotopic (exact) mass is 262 g/mol. The summed E-state index contributed by atoms with van der Waals surface area (Å²) < 4.78 is 0. The maximum Gasteiger partial charge on any atom is 0.134 e. The fraction of sp³-hybridized carbons (Fsp3) is 0.733. The van der Waals surface area contributed by atoms with Crippen LogP contribution < -0.4 is 10.2 Å². The van der Waals surface area contributed by atoms with E-state index in [1.54, 1.807) is 0 Å². The van der Waals surface area contributed by atoms with Crippen molar-refractivity contribution in [3.63, 3.8) is 0 Å². The molecule has 1 unspecified atom stereocenters. The van der Waals surface area contributed by atoms with Gasteiger partial charge in [-0.3, -0.25) is 0 Å². The van der Waals surface area contributed by atoms with Crippen LogP contribution in [0.15, 0.2) is 6.07 Å². The lowest BCUT2D eigenvalue weighted by Crippen LogP contribution is -2.26.